The summed E-state index contributed by atoms with van der Waals surface area (Å²) in [5, 5.41) is 0. The first kappa shape index (κ1) is 36.0. The average molecular weight is 700 g/mol. The monoisotopic (exact) mass is 699 g/mol. The molecule has 0 spiro atoms. The minimum Gasteiger partial charge on any atom is -0.488 e. The van der Waals surface area contributed by atoms with Gasteiger partial charge in [0.2, 0.25) is 0 Å². The van der Waals surface area contributed by atoms with Crippen LogP contribution in [-0.4, -0.2) is 19.3 Å². The third kappa shape index (κ3) is 8.13. The van der Waals surface area contributed by atoms with E-state index in [-0.39, 0.29) is 0 Å². The molecular formula is C51H46BNO. The van der Waals surface area contributed by atoms with Gasteiger partial charge in [0.1, 0.15) is 43.0 Å². The van der Waals surface area contributed by atoms with Crippen molar-refractivity contribution in [1.82, 2.24) is 4.48 Å². The second-order valence-corrected chi connectivity index (χ2v) is 13.7. The zero-order chi connectivity index (χ0) is 36.7. The second-order valence-electron chi connectivity index (χ2n) is 13.7. The number of quaternary nitrogens is 1. The Balaban J connectivity index is 0.000000168. The van der Waals surface area contributed by atoms with Gasteiger partial charge in [-0.3, -0.25) is 4.48 Å². The van der Waals surface area contributed by atoms with Crippen molar-refractivity contribution in [3.05, 3.63) is 248 Å². The Labute approximate surface area is 321 Å². The summed E-state index contributed by atoms with van der Waals surface area (Å²) in [6, 6.07) is 85.8. The highest BCUT2D eigenvalue weighted by Gasteiger charge is 2.34. The summed E-state index contributed by atoms with van der Waals surface area (Å²) < 4.78 is 6.83. The number of para-hydroxylation sites is 3. The molecule has 0 saturated heterocycles. The Morgan fingerprint density at radius 1 is 0.333 bits per heavy atom. The predicted molar refractivity (Wildman–Crippen MR) is 231 cm³/mol. The van der Waals surface area contributed by atoms with Gasteiger partial charge in [0, 0.05) is 5.56 Å². The number of nitrogens with zero attached hydrogens (tertiary/aromatic N) is 1. The van der Waals surface area contributed by atoms with E-state index in [9.17, 15) is 0 Å². The molecule has 0 saturated carbocycles. The highest BCUT2D eigenvalue weighted by atomic mass is 16.5. The standard InChI is InChI=1S/C27H26NO.C24H20B/c1-5-13-24(14-6-1)23-28(25-15-7-2-8-16-25,26-17-9-3-10-18-26)21-22-29-27-19-11-4-12-20-27;1-5-13-21(14-6-1)25(22-15-7-2-8-16-22,23-17-9-3-10-18-23)24-19-11-4-12-20-24/h1-20H,21-23H2;1-20H/q+1;-1. The van der Waals surface area contributed by atoms with Crippen molar-refractivity contribution in [1.29, 1.82) is 0 Å². The van der Waals surface area contributed by atoms with Crippen LogP contribution in [-0.2, 0) is 6.54 Å². The molecule has 0 unspecified atom stereocenters. The molecule has 8 rings (SSSR count). The van der Waals surface area contributed by atoms with Gasteiger partial charge in [0.15, 0.2) is 0 Å². The van der Waals surface area contributed by atoms with Crippen LogP contribution in [0.2, 0.25) is 0 Å². The van der Waals surface area contributed by atoms with Gasteiger partial charge in [0.25, 0.3) is 0 Å². The molecule has 0 heterocycles. The van der Waals surface area contributed by atoms with Crippen molar-refractivity contribution >= 4 is 39.4 Å². The normalized spacial score (nSPS) is 11.2. The van der Waals surface area contributed by atoms with Gasteiger partial charge < -0.3 is 4.74 Å². The summed E-state index contributed by atoms with van der Waals surface area (Å²) in [5.74, 6) is 0.909. The van der Waals surface area contributed by atoms with E-state index in [1.54, 1.807) is 0 Å². The van der Waals surface area contributed by atoms with Crippen LogP contribution in [0.4, 0.5) is 11.4 Å². The molecular weight excluding hydrogens is 653 g/mol. The fourth-order valence-corrected chi connectivity index (χ4v) is 7.95. The molecule has 0 amide bonds. The maximum atomic E-state index is 6.13. The Morgan fingerprint density at radius 3 is 0.981 bits per heavy atom. The zero-order valence-electron chi connectivity index (χ0n) is 30.6. The second kappa shape index (κ2) is 17.9. The van der Waals surface area contributed by atoms with Crippen LogP contribution in [0, 0.1) is 0 Å². The SMILES string of the molecule is c1ccc(C[N+](CCOc2ccccc2)(c2ccccc2)c2ccccc2)cc1.c1ccc([B-](c2ccccc2)(c2ccccc2)c2ccccc2)cc1. The molecule has 0 fully saturated rings. The topological polar surface area (TPSA) is 9.23 Å². The van der Waals surface area contributed by atoms with Crippen molar-refractivity contribution in [3.63, 3.8) is 0 Å². The molecule has 8 aromatic carbocycles. The highest BCUT2D eigenvalue weighted by molar-refractivity contribution is 7.19. The summed E-state index contributed by atoms with van der Waals surface area (Å²) in [4.78, 5) is 0. The van der Waals surface area contributed by atoms with E-state index in [0.29, 0.717) is 11.1 Å². The lowest BCUT2D eigenvalue weighted by atomic mass is 9.13. The minimum absolute atomic E-state index is 0.626. The Bertz CT molecular complexity index is 2030. The number of hydrogen-bond acceptors (Lipinski definition) is 1. The van der Waals surface area contributed by atoms with Crippen molar-refractivity contribution < 1.29 is 4.74 Å². The number of rotatable bonds is 12. The molecule has 8 aromatic rings. The number of benzene rings is 8. The fraction of sp³-hybridized carbons (Fsp3) is 0.0588. The zero-order valence-corrected chi connectivity index (χ0v) is 30.6. The van der Waals surface area contributed by atoms with Gasteiger partial charge in [-0.05, 0) is 36.4 Å². The minimum atomic E-state index is -1.22. The average Bonchev–Trinajstić information content (AvgIpc) is 3.27. The third-order valence-electron chi connectivity index (χ3n) is 10.5. The maximum absolute atomic E-state index is 6.13. The fourth-order valence-electron chi connectivity index (χ4n) is 7.95. The third-order valence-corrected chi connectivity index (χ3v) is 10.5. The van der Waals surface area contributed by atoms with Gasteiger partial charge >= 0.3 is 0 Å². The van der Waals surface area contributed by atoms with Crippen LogP contribution in [0.15, 0.2) is 243 Å². The molecule has 0 bridgehead atoms. The molecule has 264 valence electrons. The first-order valence-corrected chi connectivity index (χ1v) is 18.9. The smallest absolute Gasteiger partial charge is 0.138 e. The van der Waals surface area contributed by atoms with E-state index in [1.165, 1.54) is 38.8 Å². The van der Waals surface area contributed by atoms with E-state index < -0.39 is 6.15 Å². The molecule has 0 aliphatic carbocycles. The first-order valence-electron chi connectivity index (χ1n) is 18.9. The predicted octanol–water partition coefficient (Wildman–Crippen LogP) is 9.67. The Kier molecular flexibility index (Phi) is 11.9. The van der Waals surface area contributed by atoms with Gasteiger partial charge in [-0.1, -0.05) is 206 Å². The number of ether oxygens (including phenoxy) is 1. The maximum Gasteiger partial charge on any atom is 0.138 e. The lowest BCUT2D eigenvalue weighted by Crippen LogP contribution is -2.74. The van der Waals surface area contributed by atoms with Crippen LogP contribution >= 0.6 is 0 Å². The van der Waals surface area contributed by atoms with Crippen LogP contribution in [0.3, 0.4) is 0 Å². The van der Waals surface area contributed by atoms with E-state index in [1.807, 2.05) is 30.3 Å². The molecule has 0 aromatic heterocycles. The van der Waals surface area contributed by atoms with Gasteiger partial charge in [-0.25, -0.2) is 0 Å². The molecule has 0 radical (unpaired) electrons. The van der Waals surface area contributed by atoms with Crippen LogP contribution in [0.1, 0.15) is 5.56 Å². The molecule has 0 aliphatic rings. The number of hydrogen-bond donors (Lipinski definition) is 0. The van der Waals surface area contributed by atoms with E-state index in [2.05, 4.69) is 212 Å². The molecule has 54 heavy (non-hydrogen) atoms. The van der Waals surface area contributed by atoms with Crippen molar-refractivity contribution in [2.45, 2.75) is 6.54 Å². The van der Waals surface area contributed by atoms with E-state index >= 15 is 0 Å². The summed E-state index contributed by atoms with van der Waals surface area (Å²) in [7, 11) is 0. The van der Waals surface area contributed by atoms with Gasteiger partial charge in [0.05, 0.1) is 0 Å². The first-order chi connectivity index (χ1) is 26.8. The van der Waals surface area contributed by atoms with Crippen LogP contribution < -0.4 is 31.1 Å². The molecule has 2 nitrogen and oxygen atoms in total. The van der Waals surface area contributed by atoms with E-state index in [0.717, 1.165) is 18.8 Å². The highest BCUT2D eigenvalue weighted by Crippen LogP contribution is 2.36. The van der Waals surface area contributed by atoms with Crippen molar-refractivity contribution in [2.75, 3.05) is 13.2 Å². The van der Waals surface area contributed by atoms with Crippen molar-refractivity contribution in [2.24, 2.45) is 0 Å². The summed E-state index contributed by atoms with van der Waals surface area (Å²) >= 11 is 0. The summed E-state index contributed by atoms with van der Waals surface area (Å²) in [6.45, 7) is 2.32. The Hall–Kier alpha value is -6.42. The largest absolute Gasteiger partial charge is 0.488 e. The lowest BCUT2D eigenvalue weighted by molar-refractivity contribution is 0.254. The van der Waals surface area contributed by atoms with Crippen molar-refractivity contribution in [3.8, 4) is 5.75 Å². The van der Waals surface area contributed by atoms with E-state index in [4.69, 9.17) is 4.74 Å². The Morgan fingerprint density at radius 2 is 0.630 bits per heavy atom. The lowest BCUT2D eigenvalue weighted by Gasteiger charge is -2.44. The molecule has 3 heteroatoms. The van der Waals surface area contributed by atoms with Gasteiger partial charge in [-0.2, -0.15) is 21.9 Å². The van der Waals surface area contributed by atoms with Gasteiger partial charge in [-0.15, -0.1) is 0 Å². The molecule has 0 N–H and O–H groups in total. The van der Waals surface area contributed by atoms with Crippen LogP contribution in [0.25, 0.3) is 0 Å². The van der Waals surface area contributed by atoms with Crippen LogP contribution in [0.5, 0.6) is 5.75 Å². The summed E-state index contributed by atoms with van der Waals surface area (Å²) in [6.07, 6.45) is -1.22. The molecule has 0 aliphatic heterocycles. The summed E-state index contributed by atoms with van der Waals surface area (Å²) in [5.41, 5.74) is 9.19. The quantitative estimate of drug-likeness (QED) is 0.0912. The molecule has 0 atom stereocenters.